The molecule has 0 aromatic heterocycles. The molecule has 0 saturated carbocycles. The van der Waals surface area contributed by atoms with Gasteiger partial charge in [0, 0.05) is 11.2 Å². The second kappa shape index (κ2) is 47.1. The molecule has 0 radical (unpaired) electrons. The Labute approximate surface area is 291 Å². The van der Waals surface area contributed by atoms with Crippen LogP contribution in [0.5, 0.6) is 0 Å². The molecule has 0 fully saturated rings. The first-order valence-corrected chi connectivity index (χ1v) is 15.9. The summed E-state index contributed by atoms with van der Waals surface area (Å²) in [5.74, 6) is 0. The summed E-state index contributed by atoms with van der Waals surface area (Å²) in [6.07, 6.45) is 3.82. The number of hydrogen-bond acceptors (Lipinski definition) is 11. The van der Waals surface area contributed by atoms with Gasteiger partial charge in [-0.2, -0.15) is 0 Å². The number of rotatable bonds is 8. The third kappa shape index (κ3) is 161. The summed E-state index contributed by atoms with van der Waals surface area (Å²) in [4.78, 5) is 19.8. The molecule has 0 heterocycles. The Morgan fingerprint density at radius 3 is 0.714 bits per heavy atom. The van der Waals surface area contributed by atoms with E-state index >= 15 is 0 Å². The predicted octanol–water partition coefficient (Wildman–Crippen LogP) is 1.80. The third-order valence-corrected chi connectivity index (χ3v) is 4.04. The summed E-state index contributed by atoms with van der Waals surface area (Å²) in [6, 6.07) is 0. The smallest absolute Gasteiger partial charge is 0.854 e. The van der Waals surface area contributed by atoms with Gasteiger partial charge in [0.1, 0.15) is 0 Å². The van der Waals surface area contributed by atoms with E-state index in [9.17, 15) is 39.9 Å². The maximum atomic E-state index is 9.90. The molecule has 15 heteroatoms. The van der Waals surface area contributed by atoms with Gasteiger partial charge in [-0.15, -0.1) is 33.0 Å². The van der Waals surface area contributed by atoms with Gasteiger partial charge in [-0.05, 0) is 62.3 Å². The Bertz CT molecular complexity index is 421. The Morgan fingerprint density at radius 2 is 0.667 bits per heavy atom. The Kier molecular flexibility index (Phi) is 74.2. The first-order chi connectivity index (χ1) is 18.0. The van der Waals surface area contributed by atoms with E-state index in [4.69, 9.17) is 9.05 Å². The van der Waals surface area contributed by atoms with E-state index in [0.717, 1.165) is 32.1 Å². The van der Waals surface area contributed by atoms with Crippen molar-refractivity contribution in [3.8, 4) is 0 Å². The van der Waals surface area contributed by atoms with Gasteiger partial charge in [-0.3, -0.25) is 0 Å². The summed E-state index contributed by atoms with van der Waals surface area (Å²) < 4.78 is 24.7. The van der Waals surface area contributed by atoms with Crippen LogP contribution in [0.25, 0.3) is 0 Å². The van der Waals surface area contributed by atoms with Crippen molar-refractivity contribution >= 4 is 16.9 Å². The van der Waals surface area contributed by atoms with Crippen molar-refractivity contribution in [2.75, 3.05) is 33.0 Å². The number of phosphoric acid groups is 1. The molecule has 0 aromatic rings. The van der Waals surface area contributed by atoms with E-state index in [1.165, 1.54) is 20.8 Å². The first-order valence-electron chi connectivity index (χ1n) is 13.7. The van der Waals surface area contributed by atoms with Gasteiger partial charge in [0.25, 0.3) is 0 Å². The largest absolute Gasteiger partial charge is 4.00 e. The van der Waals surface area contributed by atoms with Crippen LogP contribution in [0.15, 0.2) is 0 Å². The zero-order valence-corrected chi connectivity index (χ0v) is 33.9. The second-order valence-corrected chi connectivity index (χ2v) is 12.2. The molecule has 0 rings (SSSR count). The van der Waals surface area contributed by atoms with E-state index in [0.29, 0.717) is 9.03 Å². The summed E-state index contributed by atoms with van der Waals surface area (Å²) in [5, 5.41) is 46.5. The number of hydrogen-bond donors (Lipinski definition) is 0. The molecule has 0 atom stereocenters. The molecule has 42 heavy (non-hydrogen) atoms. The van der Waals surface area contributed by atoms with Crippen LogP contribution in [0, 0.1) is 0 Å². The number of phosphoric ester groups is 1. The molecule has 11 nitrogen and oxygen atoms in total. The van der Waals surface area contributed by atoms with E-state index in [1.807, 2.05) is 76.2 Å². The van der Waals surface area contributed by atoms with Crippen molar-refractivity contribution < 1.29 is 96.9 Å². The molecule has 0 aliphatic carbocycles. The molecule has 0 N–H and O–H groups in total. The van der Waals surface area contributed by atoms with E-state index in [1.54, 1.807) is 0 Å². The molecule has 0 bridgehead atoms. The zero-order valence-electron chi connectivity index (χ0n) is 29.0. The van der Waals surface area contributed by atoms with Gasteiger partial charge in [0.15, 0.2) is 0 Å². The van der Waals surface area contributed by atoms with Gasteiger partial charge in [-0.1, -0.05) is 66.7 Å². The fourth-order valence-electron chi connectivity index (χ4n) is 0.578. The third-order valence-electron chi connectivity index (χ3n) is 2.03. The minimum atomic E-state index is -4.79. The molecule has 0 aromatic carbocycles. The van der Waals surface area contributed by atoms with Crippen LogP contribution in [0.3, 0.4) is 0 Å². The quantitative estimate of drug-likeness (QED) is 0.261. The topological polar surface area (TPSA) is 206 Å². The van der Waals surface area contributed by atoms with Crippen LogP contribution in [-0.2, 0) is 61.6 Å². The van der Waals surface area contributed by atoms with E-state index in [-0.39, 0.29) is 87.7 Å². The first kappa shape index (κ1) is 66.2. The molecular formula is C27H62O11P2Ti2. The van der Waals surface area contributed by atoms with Gasteiger partial charge in [0.05, 0.1) is 13.4 Å². The van der Waals surface area contributed by atoms with Crippen molar-refractivity contribution in [3.05, 3.63) is 0 Å². The van der Waals surface area contributed by atoms with Crippen LogP contribution in [-0.4, -0.2) is 49.8 Å². The van der Waals surface area contributed by atoms with Crippen molar-refractivity contribution in [1.29, 1.82) is 0 Å². The van der Waals surface area contributed by atoms with Crippen LogP contribution in [0.2, 0.25) is 0 Å². The average Bonchev–Trinajstić information content (AvgIpc) is 2.81. The Morgan fingerprint density at radius 1 is 0.500 bits per heavy atom. The Hall–Kier alpha value is 1.69. The maximum absolute atomic E-state index is 9.90. The summed E-state index contributed by atoms with van der Waals surface area (Å²) in [5.41, 5.74) is -1.14. The zero-order chi connectivity index (χ0) is 33.9. The van der Waals surface area contributed by atoms with Crippen LogP contribution >= 0.6 is 16.9 Å². The summed E-state index contributed by atoms with van der Waals surface area (Å²) in [7, 11) is -4.19. The van der Waals surface area contributed by atoms with Crippen LogP contribution < -0.4 is 35.3 Å². The van der Waals surface area contributed by atoms with Gasteiger partial charge >= 0.3 is 43.4 Å². The fraction of sp³-hybridized carbons (Fsp3) is 1.00. The van der Waals surface area contributed by atoms with E-state index in [2.05, 4.69) is 4.52 Å². The van der Waals surface area contributed by atoms with E-state index < -0.39 is 13.4 Å². The predicted molar refractivity (Wildman–Crippen MR) is 153 cm³/mol. The molecule has 254 valence electrons. The van der Waals surface area contributed by atoms with Gasteiger partial charge < -0.3 is 53.5 Å². The van der Waals surface area contributed by atoms with Crippen LogP contribution in [0.1, 0.15) is 129 Å². The second-order valence-electron chi connectivity index (χ2n) is 10.7. The van der Waals surface area contributed by atoms with Crippen molar-refractivity contribution in [2.45, 2.75) is 146 Å². The van der Waals surface area contributed by atoms with Crippen molar-refractivity contribution in [1.82, 2.24) is 0 Å². The molecule has 0 amide bonds. The summed E-state index contributed by atoms with van der Waals surface area (Å²) in [6.45, 7) is 26.2. The average molecular weight is 720 g/mol. The minimum Gasteiger partial charge on any atom is -0.854 e. The summed E-state index contributed by atoms with van der Waals surface area (Å²) >= 11 is 0. The van der Waals surface area contributed by atoms with Gasteiger partial charge in [-0.25, -0.2) is 9.03 Å². The fourth-order valence-corrected chi connectivity index (χ4v) is 1.73. The molecular weight excluding hydrogens is 658 g/mol. The standard InChI is InChI=1S/C8H18O2P.C4H11O4P.5C3H7O.2Ti/c1-7(2,3)9-11-10-8(4,5)6;1-4(2,3)8-9(5,6)7;5*1-2-3-4;;/h1-6H3;1-3H3,(H2,5,6,7);5*2-3H2,1H3;;/q-1;;5*-1;2*+4/p-2. The minimum absolute atomic E-state index is 0. The van der Waals surface area contributed by atoms with Crippen LogP contribution in [0.4, 0.5) is 0 Å². The molecule has 0 unspecified atom stereocenters. The van der Waals surface area contributed by atoms with Crippen molar-refractivity contribution in [3.63, 3.8) is 0 Å². The van der Waals surface area contributed by atoms with Crippen molar-refractivity contribution in [2.24, 2.45) is 0 Å². The SMILES string of the molecule is CC(C)(C)OP(=O)([O-])[O-].CC(C)(C)O[P-]OC(C)(C)C.CCC[O-].CCC[O-].CCC[O-].CCC[O-].CCC[O-].[Ti+4].[Ti+4]. The Balaban J connectivity index is -0.0000000452. The maximum Gasteiger partial charge on any atom is 4.00 e. The van der Waals surface area contributed by atoms with Gasteiger partial charge in [0.2, 0.25) is 0 Å². The molecule has 0 aliphatic heterocycles. The normalized spacial score (nSPS) is 10.1. The molecule has 0 aliphatic rings. The monoisotopic (exact) mass is 720 g/mol. The molecule has 0 spiro atoms. The molecule has 0 saturated heterocycles.